The van der Waals surface area contributed by atoms with Crippen molar-refractivity contribution in [1.29, 1.82) is 0 Å². The van der Waals surface area contributed by atoms with Crippen LogP contribution in [-0.4, -0.2) is 20.7 Å². The van der Waals surface area contributed by atoms with E-state index in [1.54, 1.807) is 22.9 Å². The van der Waals surface area contributed by atoms with Gasteiger partial charge in [-0.25, -0.2) is 9.67 Å². The first-order valence-electron chi connectivity index (χ1n) is 9.43. The fourth-order valence-electron chi connectivity index (χ4n) is 2.99. The molecule has 7 heteroatoms. The molecular weight excluding hydrogens is 419 g/mol. The Morgan fingerprint density at radius 1 is 0.967 bits per heavy atom. The van der Waals surface area contributed by atoms with Gasteiger partial charge in [0, 0.05) is 11.3 Å². The molecule has 30 heavy (non-hydrogen) atoms. The van der Waals surface area contributed by atoms with E-state index in [0.29, 0.717) is 27.2 Å². The molecular formula is C23H18Cl2N4O. The number of nitrogens with zero attached hydrogens (tertiary/aromatic N) is 3. The van der Waals surface area contributed by atoms with Gasteiger partial charge < -0.3 is 5.32 Å². The third kappa shape index (κ3) is 4.22. The van der Waals surface area contributed by atoms with Gasteiger partial charge in [-0.15, -0.1) is 5.10 Å². The lowest BCUT2D eigenvalue weighted by molar-refractivity contribution is 0.101. The fraction of sp³-hybridized carbons (Fsp3) is 0.0870. The normalized spacial score (nSPS) is 10.8. The van der Waals surface area contributed by atoms with Crippen LogP contribution in [0, 0.1) is 0 Å². The minimum atomic E-state index is -0.393. The second-order valence-corrected chi connectivity index (χ2v) is 7.45. The van der Waals surface area contributed by atoms with Gasteiger partial charge in [0.1, 0.15) is 0 Å². The number of carbonyl (C=O) groups excluding carboxylic acids is 1. The molecule has 0 atom stereocenters. The molecule has 5 nitrogen and oxygen atoms in total. The van der Waals surface area contributed by atoms with Crippen molar-refractivity contribution in [2.45, 2.75) is 13.3 Å². The Morgan fingerprint density at radius 2 is 1.70 bits per heavy atom. The van der Waals surface area contributed by atoms with Crippen molar-refractivity contribution in [1.82, 2.24) is 14.8 Å². The zero-order valence-corrected chi connectivity index (χ0v) is 17.7. The number of carbonyl (C=O) groups is 1. The van der Waals surface area contributed by atoms with Crippen molar-refractivity contribution in [3.63, 3.8) is 0 Å². The van der Waals surface area contributed by atoms with E-state index >= 15 is 0 Å². The Balaban J connectivity index is 1.72. The summed E-state index contributed by atoms with van der Waals surface area (Å²) in [5.74, 6) is 0.190. The third-order valence-corrected chi connectivity index (χ3v) is 5.35. The van der Waals surface area contributed by atoms with E-state index in [2.05, 4.69) is 22.3 Å². The number of aryl methyl sites for hydroxylation is 1. The van der Waals surface area contributed by atoms with E-state index < -0.39 is 5.91 Å². The first kappa shape index (κ1) is 20.1. The van der Waals surface area contributed by atoms with E-state index in [1.807, 2.05) is 54.6 Å². The monoisotopic (exact) mass is 436 g/mol. The van der Waals surface area contributed by atoms with Crippen molar-refractivity contribution in [2.24, 2.45) is 0 Å². The minimum Gasteiger partial charge on any atom is -0.319 e. The van der Waals surface area contributed by atoms with Crippen LogP contribution in [0.15, 0.2) is 72.8 Å². The molecule has 0 bridgehead atoms. The molecule has 1 N–H and O–H groups in total. The minimum absolute atomic E-state index is 0.0551. The van der Waals surface area contributed by atoms with Crippen molar-refractivity contribution in [3.05, 3.63) is 94.2 Å². The van der Waals surface area contributed by atoms with Gasteiger partial charge in [-0.1, -0.05) is 72.6 Å². The van der Waals surface area contributed by atoms with Gasteiger partial charge >= 0.3 is 0 Å². The quantitative estimate of drug-likeness (QED) is 0.413. The van der Waals surface area contributed by atoms with Crippen molar-refractivity contribution < 1.29 is 4.79 Å². The topological polar surface area (TPSA) is 59.8 Å². The number of rotatable bonds is 5. The Labute approximate surface area is 184 Å². The van der Waals surface area contributed by atoms with Crippen LogP contribution in [-0.2, 0) is 6.42 Å². The second kappa shape index (κ2) is 8.69. The summed E-state index contributed by atoms with van der Waals surface area (Å²) in [5, 5.41) is 8.13. The molecule has 0 aliphatic rings. The molecule has 4 rings (SSSR count). The molecule has 0 radical (unpaired) electrons. The molecule has 0 spiro atoms. The highest BCUT2D eigenvalue weighted by Gasteiger charge is 2.19. The molecule has 0 aliphatic heterocycles. The van der Waals surface area contributed by atoms with Crippen LogP contribution in [0.1, 0.15) is 23.1 Å². The predicted molar refractivity (Wildman–Crippen MR) is 121 cm³/mol. The highest BCUT2D eigenvalue weighted by molar-refractivity contribution is 6.42. The van der Waals surface area contributed by atoms with Crippen LogP contribution >= 0.6 is 23.2 Å². The number of halogens is 2. The van der Waals surface area contributed by atoms with Crippen LogP contribution in [0.25, 0.3) is 17.1 Å². The Hall–Kier alpha value is -3.15. The summed E-state index contributed by atoms with van der Waals surface area (Å²) < 4.78 is 1.59. The molecule has 0 saturated carbocycles. The molecule has 0 unspecified atom stereocenters. The lowest BCUT2D eigenvalue weighted by Crippen LogP contribution is -2.14. The summed E-state index contributed by atoms with van der Waals surface area (Å²) in [4.78, 5) is 17.3. The maximum atomic E-state index is 12.8. The summed E-state index contributed by atoms with van der Waals surface area (Å²) in [6, 6.07) is 22.4. The van der Waals surface area contributed by atoms with Gasteiger partial charge in [-0.05, 0) is 42.3 Å². The summed E-state index contributed by atoms with van der Waals surface area (Å²) in [6.45, 7) is 2.08. The Kier molecular flexibility index (Phi) is 5.84. The Bertz CT molecular complexity index is 1190. The number of benzene rings is 3. The number of hydrogen-bond donors (Lipinski definition) is 1. The zero-order valence-electron chi connectivity index (χ0n) is 16.1. The standard InChI is InChI=1S/C23H18Cl2N4O/c1-2-15-8-10-17(11-9-15)26-23(30)21-27-22(16-6-4-3-5-7-16)29(28-21)18-12-13-19(24)20(25)14-18/h3-14H,2H2,1H3,(H,26,30). The van der Waals surface area contributed by atoms with E-state index in [1.165, 1.54) is 5.56 Å². The van der Waals surface area contributed by atoms with E-state index in [9.17, 15) is 4.79 Å². The highest BCUT2D eigenvalue weighted by atomic mass is 35.5. The smallest absolute Gasteiger partial charge is 0.295 e. The largest absolute Gasteiger partial charge is 0.319 e. The predicted octanol–water partition coefficient (Wildman–Crippen LogP) is 6.06. The molecule has 1 amide bonds. The van der Waals surface area contributed by atoms with Crippen LogP contribution in [0.3, 0.4) is 0 Å². The highest BCUT2D eigenvalue weighted by Crippen LogP contribution is 2.27. The Morgan fingerprint density at radius 3 is 2.37 bits per heavy atom. The van der Waals surface area contributed by atoms with Crippen molar-refractivity contribution in [2.75, 3.05) is 5.32 Å². The van der Waals surface area contributed by atoms with Crippen LogP contribution in [0.2, 0.25) is 10.0 Å². The third-order valence-electron chi connectivity index (χ3n) is 4.61. The molecule has 3 aromatic carbocycles. The summed E-state index contributed by atoms with van der Waals surface area (Å²) in [6.07, 6.45) is 0.935. The van der Waals surface area contributed by atoms with E-state index in [0.717, 1.165) is 12.0 Å². The summed E-state index contributed by atoms with van der Waals surface area (Å²) in [7, 11) is 0. The summed E-state index contributed by atoms with van der Waals surface area (Å²) >= 11 is 12.2. The van der Waals surface area contributed by atoms with Gasteiger partial charge in [-0.3, -0.25) is 4.79 Å². The number of hydrogen-bond acceptors (Lipinski definition) is 3. The second-order valence-electron chi connectivity index (χ2n) is 6.64. The van der Waals surface area contributed by atoms with Gasteiger partial charge in [0.15, 0.2) is 5.82 Å². The van der Waals surface area contributed by atoms with Gasteiger partial charge in [0.25, 0.3) is 5.91 Å². The van der Waals surface area contributed by atoms with Crippen LogP contribution in [0.5, 0.6) is 0 Å². The maximum Gasteiger partial charge on any atom is 0.295 e. The molecule has 150 valence electrons. The SMILES string of the molecule is CCc1ccc(NC(=O)c2nc(-c3ccccc3)n(-c3ccc(Cl)c(Cl)c3)n2)cc1. The number of aromatic nitrogens is 3. The molecule has 0 saturated heterocycles. The number of nitrogens with one attached hydrogen (secondary N) is 1. The fourth-order valence-corrected chi connectivity index (χ4v) is 3.28. The lowest BCUT2D eigenvalue weighted by atomic mass is 10.1. The van der Waals surface area contributed by atoms with Crippen LogP contribution < -0.4 is 5.32 Å². The molecule has 0 fully saturated rings. The van der Waals surface area contributed by atoms with Gasteiger partial charge in [0.2, 0.25) is 5.82 Å². The number of anilines is 1. The summed E-state index contributed by atoms with van der Waals surface area (Å²) in [5.41, 5.74) is 3.36. The molecule has 1 aromatic heterocycles. The van der Waals surface area contributed by atoms with Gasteiger partial charge in [-0.2, -0.15) is 0 Å². The maximum absolute atomic E-state index is 12.8. The first-order valence-corrected chi connectivity index (χ1v) is 10.2. The van der Waals surface area contributed by atoms with Crippen LogP contribution in [0.4, 0.5) is 5.69 Å². The van der Waals surface area contributed by atoms with Crippen molar-refractivity contribution >= 4 is 34.8 Å². The van der Waals surface area contributed by atoms with Crippen molar-refractivity contribution in [3.8, 4) is 17.1 Å². The molecule has 4 aromatic rings. The van der Waals surface area contributed by atoms with Gasteiger partial charge in [0.05, 0.1) is 15.7 Å². The molecule has 1 heterocycles. The number of amides is 1. The van der Waals surface area contributed by atoms with E-state index in [4.69, 9.17) is 23.2 Å². The zero-order chi connectivity index (χ0) is 21.1. The average molecular weight is 437 g/mol. The molecule has 0 aliphatic carbocycles. The average Bonchev–Trinajstić information content (AvgIpc) is 3.22. The lowest BCUT2D eigenvalue weighted by Gasteiger charge is -2.07. The van der Waals surface area contributed by atoms with E-state index in [-0.39, 0.29) is 5.82 Å². The first-order chi connectivity index (χ1) is 14.5.